The molecule has 10 heteroatoms. The summed E-state index contributed by atoms with van der Waals surface area (Å²) < 4.78 is 1.67. The molecular weight excluding hydrogens is 444 g/mol. The predicted octanol–water partition coefficient (Wildman–Crippen LogP) is 2.96. The number of carbonyl (C=O) groups is 1. The van der Waals surface area contributed by atoms with Gasteiger partial charge in [0.05, 0.1) is 35.8 Å². The van der Waals surface area contributed by atoms with Crippen molar-refractivity contribution in [2.75, 3.05) is 17.2 Å². The van der Waals surface area contributed by atoms with Crippen LogP contribution >= 0.6 is 0 Å². The van der Waals surface area contributed by atoms with Crippen LogP contribution in [0.3, 0.4) is 0 Å². The Balaban J connectivity index is 1.38. The van der Waals surface area contributed by atoms with Crippen LogP contribution in [-0.4, -0.2) is 48.6 Å². The molecule has 1 atom stereocenters. The van der Waals surface area contributed by atoms with Gasteiger partial charge in [-0.05, 0) is 49.2 Å². The maximum absolute atomic E-state index is 11.5. The number of nitriles is 1. The summed E-state index contributed by atoms with van der Waals surface area (Å²) in [7, 11) is 0. The molecule has 0 bridgehead atoms. The van der Waals surface area contributed by atoms with Crippen molar-refractivity contribution < 1.29 is 9.90 Å². The lowest BCUT2D eigenvalue weighted by atomic mass is 10.1. The molecule has 0 unspecified atom stereocenters. The van der Waals surface area contributed by atoms with Crippen molar-refractivity contribution in [2.45, 2.75) is 25.4 Å². The number of benzene rings is 1. The van der Waals surface area contributed by atoms with Crippen LogP contribution < -0.4 is 10.6 Å². The Morgan fingerprint density at radius 1 is 1.11 bits per heavy atom. The van der Waals surface area contributed by atoms with Crippen LogP contribution in [0.5, 0.6) is 0 Å². The molecule has 1 aromatic carbocycles. The van der Waals surface area contributed by atoms with Crippen LogP contribution in [0.25, 0.3) is 22.5 Å². The van der Waals surface area contributed by atoms with Crippen molar-refractivity contribution >= 4 is 17.6 Å². The van der Waals surface area contributed by atoms with E-state index < -0.39 is 12.0 Å². The summed E-state index contributed by atoms with van der Waals surface area (Å²) >= 11 is 0. The van der Waals surface area contributed by atoms with Gasteiger partial charge in [-0.25, -0.2) is 19.4 Å². The molecule has 174 valence electrons. The first-order valence-corrected chi connectivity index (χ1v) is 11.1. The first-order valence-electron chi connectivity index (χ1n) is 11.1. The fourth-order valence-corrected chi connectivity index (χ4v) is 4.28. The van der Waals surface area contributed by atoms with Crippen LogP contribution in [0.1, 0.15) is 24.1 Å². The Morgan fingerprint density at radius 2 is 1.97 bits per heavy atom. The first kappa shape index (κ1) is 22.0. The minimum Gasteiger partial charge on any atom is -0.480 e. The van der Waals surface area contributed by atoms with Gasteiger partial charge in [-0.3, -0.25) is 0 Å². The second-order valence-electron chi connectivity index (χ2n) is 8.34. The molecule has 5 rings (SSSR count). The van der Waals surface area contributed by atoms with Crippen LogP contribution in [0.15, 0.2) is 60.8 Å². The highest BCUT2D eigenvalue weighted by Crippen LogP contribution is 2.27. The predicted molar refractivity (Wildman–Crippen MR) is 129 cm³/mol. The molecule has 35 heavy (non-hydrogen) atoms. The summed E-state index contributed by atoms with van der Waals surface area (Å²) in [5.74, 6) is 0.159. The van der Waals surface area contributed by atoms with E-state index in [0.717, 1.165) is 23.2 Å². The van der Waals surface area contributed by atoms with Gasteiger partial charge < -0.3 is 15.7 Å². The number of nitrogens with zero attached hydrogens (tertiary/aromatic N) is 7. The van der Waals surface area contributed by atoms with Crippen molar-refractivity contribution in [2.24, 2.45) is 0 Å². The van der Waals surface area contributed by atoms with Gasteiger partial charge in [0.15, 0.2) is 0 Å². The van der Waals surface area contributed by atoms with Gasteiger partial charge in [-0.15, -0.1) is 5.10 Å². The van der Waals surface area contributed by atoms with Crippen LogP contribution in [-0.2, 0) is 11.3 Å². The van der Waals surface area contributed by atoms with Gasteiger partial charge in [0, 0.05) is 17.7 Å². The SMILES string of the molecule is N#Cc1cccc(-c2cc(-c3cn(Cc4cccc(N5CCC[C@@H]5C(=O)O)n4)nn3)cc(N)n2)c1. The van der Waals surface area contributed by atoms with E-state index >= 15 is 0 Å². The fraction of sp³-hybridized carbons (Fsp3) is 0.200. The molecular formula is C25H22N8O2. The van der Waals surface area contributed by atoms with Crippen molar-refractivity contribution in [3.05, 3.63) is 72.1 Å². The van der Waals surface area contributed by atoms with E-state index in [1.165, 1.54) is 0 Å². The van der Waals surface area contributed by atoms with E-state index in [1.807, 2.05) is 35.2 Å². The van der Waals surface area contributed by atoms with Crippen LogP contribution in [0.4, 0.5) is 11.6 Å². The average molecular weight is 467 g/mol. The summed E-state index contributed by atoms with van der Waals surface area (Å²) in [4.78, 5) is 22.5. The van der Waals surface area contributed by atoms with Crippen molar-refractivity contribution in [3.63, 3.8) is 0 Å². The summed E-state index contributed by atoms with van der Waals surface area (Å²) in [6.07, 6.45) is 3.24. The lowest BCUT2D eigenvalue weighted by molar-refractivity contribution is -0.138. The smallest absolute Gasteiger partial charge is 0.326 e. The number of pyridine rings is 2. The molecule has 1 saturated heterocycles. The molecule has 0 aliphatic carbocycles. The van der Waals surface area contributed by atoms with E-state index in [2.05, 4.69) is 26.3 Å². The second-order valence-corrected chi connectivity index (χ2v) is 8.34. The minimum absolute atomic E-state index is 0.336. The van der Waals surface area contributed by atoms with Gasteiger partial charge in [-0.2, -0.15) is 5.26 Å². The molecule has 0 radical (unpaired) electrons. The highest BCUT2D eigenvalue weighted by molar-refractivity contribution is 5.78. The zero-order valence-corrected chi connectivity index (χ0v) is 18.7. The molecule has 1 aliphatic rings. The third-order valence-electron chi connectivity index (χ3n) is 5.92. The van der Waals surface area contributed by atoms with Crippen LogP contribution in [0, 0.1) is 11.3 Å². The van der Waals surface area contributed by atoms with Gasteiger partial charge in [0.2, 0.25) is 0 Å². The number of anilines is 2. The van der Waals surface area contributed by atoms with Gasteiger partial charge in [0.25, 0.3) is 0 Å². The molecule has 0 amide bonds. The highest BCUT2D eigenvalue weighted by Gasteiger charge is 2.31. The topological polar surface area (TPSA) is 147 Å². The van der Waals surface area contributed by atoms with E-state index in [1.54, 1.807) is 35.1 Å². The normalized spacial score (nSPS) is 15.2. The summed E-state index contributed by atoms with van der Waals surface area (Å²) in [5.41, 5.74) is 10.1. The number of hydrogen-bond acceptors (Lipinski definition) is 8. The number of hydrogen-bond donors (Lipinski definition) is 2. The second kappa shape index (κ2) is 9.23. The van der Waals surface area contributed by atoms with Gasteiger partial charge >= 0.3 is 5.97 Å². The van der Waals surface area contributed by atoms with E-state index in [4.69, 9.17) is 5.73 Å². The summed E-state index contributed by atoms with van der Waals surface area (Å²) in [5, 5.41) is 27.2. The zero-order chi connectivity index (χ0) is 24.4. The molecule has 0 saturated carbocycles. The van der Waals surface area contributed by atoms with Gasteiger partial charge in [0.1, 0.15) is 23.4 Å². The largest absolute Gasteiger partial charge is 0.480 e. The quantitative estimate of drug-likeness (QED) is 0.437. The number of carboxylic acids is 1. The fourth-order valence-electron chi connectivity index (χ4n) is 4.28. The van der Waals surface area contributed by atoms with Crippen molar-refractivity contribution in [1.29, 1.82) is 5.26 Å². The zero-order valence-electron chi connectivity index (χ0n) is 18.7. The monoisotopic (exact) mass is 466 g/mol. The lowest BCUT2D eigenvalue weighted by Crippen LogP contribution is -2.36. The Labute approximate surface area is 201 Å². The number of nitrogen functional groups attached to an aromatic ring is 1. The summed E-state index contributed by atoms with van der Waals surface area (Å²) in [6, 6.07) is 17.9. The molecule has 0 spiro atoms. The van der Waals surface area contributed by atoms with Crippen molar-refractivity contribution in [3.8, 4) is 28.6 Å². The molecule has 10 nitrogen and oxygen atoms in total. The molecule has 1 fully saturated rings. The Kier molecular flexibility index (Phi) is 5.81. The molecule has 1 aliphatic heterocycles. The standard InChI is InChI=1S/C25H22N8O2/c26-13-16-4-1-5-17(10-16)20-11-18(12-23(27)29-20)21-15-32(31-30-21)14-19-6-2-8-24(28-19)33-9-3-7-22(33)25(34)35/h1-2,4-6,8,10-12,15,22H,3,7,9,14H2,(H2,27,29)(H,34,35)/t22-/m1/s1. The number of rotatable bonds is 6. The van der Waals surface area contributed by atoms with E-state index in [9.17, 15) is 15.2 Å². The Bertz CT molecular complexity index is 1440. The van der Waals surface area contributed by atoms with Gasteiger partial charge in [-0.1, -0.05) is 23.4 Å². The third-order valence-corrected chi connectivity index (χ3v) is 5.92. The number of carboxylic acid groups (broad SMARTS) is 1. The van der Waals surface area contributed by atoms with E-state index in [-0.39, 0.29) is 0 Å². The van der Waals surface area contributed by atoms with Crippen molar-refractivity contribution in [1.82, 2.24) is 25.0 Å². The summed E-state index contributed by atoms with van der Waals surface area (Å²) in [6.45, 7) is 1.05. The first-order chi connectivity index (χ1) is 17.0. The molecule has 4 heterocycles. The highest BCUT2D eigenvalue weighted by atomic mass is 16.4. The maximum atomic E-state index is 11.5. The lowest BCUT2D eigenvalue weighted by Gasteiger charge is -2.22. The number of aromatic nitrogens is 5. The number of nitrogens with two attached hydrogens (primary N) is 1. The van der Waals surface area contributed by atoms with E-state index in [0.29, 0.717) is 48.1 Å². The van der Waals surface area contributed by atoms with Crippen LogP contribution in [0.2, 0.25) is 0 Å². The molecule has 3 aromatic heterocycles. The minimum atomic E-state index is -0.828. The Hall–Kier alpha value is -4.78. The molecule has 4 aromatic rings. The number of aliphatic carboxylic acids is 1. The third kappa shape index (κ3) is 4.65. The molecule has 3 N–H and O–H groups in total. The average Bonchev–Trinajstić information content (AvgIpc) is 3.54. The Morgan fingerprint density at radius 3 is 2.80 bits per heavy atom. The maximum Gasteiger partial charge on any atom is 0.326 e.